The van der Waals surface area contributed by atoms with Gasteiger partial charge in [-0.2, -0.15) is 0 Å². The van der Waals surface area contributed by atoms with Gasteiger partial charge in [-0.1, -0.05) is 30.0 Å². The standard InChI is InChI=1S/C23H28N4O5/c1-7-14-8-9-15(18-19(14)30-23(5,6)31-20(18)28)12-27-13-17(24-25-27)16-10-26(11-16)21(29)32-22(2,3)4/h7-9,13,16H,1,10-12H2,2-6H3. The van der Waals surface area contributed by atoms with E-state index in [9.17, 15) is 9.59 Å². The lowest BCUT2D eigenvalue weighted by Gasteiger charge is -2.38. The summed E-state index contributed by atoms with van der Waals surface area (Å²) >= 11 is 0. The van der Waals surface area contributed by atoms with Gasteiger partial charge in [0.25, 0.3) is 0 Å². The van der Waals surface area contributed by atoms with E-state index < -0.39 is 17.4 Å². The summed E-state index contributed by atoms with van der Waals surface area (Å²) in [6.45, 7) is 14.1. The highest BCUT2D eigenvalue weighted by Crippen LogP contribution is 2.37. The minimum absolute atomic E-state index is 0.0995. The zero-order valence-electron chi connectivity index (χ0n) is 19.0. The third-order valence-electron chi connectivity index (χ3n) is 5.23. The lowest BCUT2D eigenvalue weighted by molar-refractivity contribution is -0.127. The quantitative estimate of drug-likeness (QED) is 0.671. The van der Waals surface area contributed by atoms with E-state index in [1.807, 2.05) is 39.1 Å². The molecular weight excluding hydrogens is 412 g/mol. The molecule has 2 aliphatic rings. The summed E-state index contributed by atoms with van der Waals surface area (Å²) in [5, 5.41) is 8.47. The van der Waals surface area contributed by atoms with Crippen LogP contribution in [-0.2, 0) is 16.0 Å². The number of carbonyl (C=O) groups is 2. The monoisotopic (exact) mass is 440 g/mol. The molecule has 2 aliphatic heterocycles. The Labute approximate surface area is 186 Å². The van der Waals surface area contributed by atoms with Crippen LogP contribution in [0, 0.1) is 0 Å². The molecule has 32 heavy (non-hydrogen) atoms. The van der Waals surface area contributed by atoms with Gasteiger partial charge in [0.1, 0.15) is 16.9 Å². The lowest BCUT2D eigenvalue weighted by atomic mass is 9.97. The van der Waals surface area contributed by atoms with E-state index in [4.69, 9.17) is 14.2 Å². The number of benzene rings is 1. The van der Waals surface area contributed by atoms with Gasteiger partial charge in [-0.3, -0.25) is 0 Å². The third-order valence-corrected chi connectivity index (χ3v) is 5.23. The average molecular weight is 441 g/mol. The number of nitrogens with zero attached hydrogens (tertiary/aromatic N) is 4. The van der Waals surface area contributed by atoms with Crippen molar-refractivity contribution in [2.45, 2.75) is 58.5 Å². The number of esters is 1. The van der Waals surface area contributed by atoms with E-state index in [2.05, 4.69) is 16.9 Å². The van der Waals surface area contributed by atoms with Crippen LogP contribution < -0.4 is 4.74 Å². The predicted octanol–water partition coefficient (Wildman–Crippen LogP) is 3.59. The number of aromatic nitrogens is 3. The number of ether oxygens (including phenoxy) is 3. The molecule has 1 amide bonds. The minimum Gasteiger partial charge on any atom is -0.451 e. The number of fused-ring (bicyclic) bond motifs is 1. The number of carbonyl (C=O) groups excluding carboxylic acids is 2. The van der Waals surface area contributed by atoms with Gasteiger partial charge in [-0.15, -0.1) is 5.10 Å². The van der Waals surface area contributed by atoms with E-state index in [0.29, 0.717) is 36.5 Å². The molecule has 0 bridgehead atoms. The van der Waals surface area contributed by atoms with E-state index in [1.165, 1.54) is 0 Å². The molecule has 0 saturated carbocycles. The average Bonchev–Trinajstić information content (AvgIpc) is 3.05. The fourth-order valence-corrected chi connectivity index (χ4v) is 3.70. The Morgan fingerprint density at radius 2 is 2.03 bits per heavy atom. The first-order valence-corrected chi connectivity index (χ1v) is 10.5. The zero-order valence-corrected chi connectivity index (χ0v) is 19.0. The van der Waals surface area contributed by atoms with Gasteiger partial charge < -0.3 is 19.1 Å². The third kappa shape index (κ3) is 4.32. The Kier molecular flexibility index (Phi) is 5.22. The Morgan fingerprint density at radius 1 is 1.31 bits per heavy atom. The van der Waals surface area contributed by atoms with Gasteiger partial charge in [0, 0.05) is 44.6 Å². The molecule has 0 radical (unpaired) electrons. The van der Waals surface area contributed by atoms with Gasteiger partial charge in [-0.25, -0.2) is 14.3 Å². The summed E-state index contributed by atoms with van der Waals surface area (Å²) in [6.07, 6.45) is 3.17. The maximum Gasteiger partial charge on any atom is 0.410 e. The molecule has 1 fully saturated rings. The summed E-state index contributed by atoms with van der Waals surface area (Å²) in [4.78, 5) is 26.5. The maximum atomic E-state index is 12.7. The first kappa shape index (κ1) is 21.9. The highest BCUT2D eigenvalue weighted by molar-refractivity contribution is 5.96. The Balaban J connectivity index is 1.48. The second-order valence-electron chi connectivity index (χ2n) is 9.54. The highest BCUT2D eigenvalue weighted by atomic mass is 16.7. The maximum absolute atomic E-state index is 12.7. The van der Waals surface area contributed by atoms with Crippen molar-refractivity contribution in [1.82, 2.24) is 19.9 Å². The second kappa shape index (κ2) is 7.65. The van der Waals surface area contributed by atoms with Crippen LogP contribution in [0.3, 0.4) is 0 Å². The predicted molar refractivity (Wildman–Crippen MR) is 116 cm³/mol. The van der Waals surface area contributed by atoms with Crippen LogP contribution in [0.5, 0.6) is 5.75 Å². The van der Waals surface area contributed by atoms with Crippen LogP contribution in [0.4, 0.5) is 4.79 Å². The minimum atomic E-state index is -1.05. The molecule has 9 nitrogen and oxygen atoms in total. The molecule has 9 heteroatoms. The first-order chi connectivity index (χ1) is 15.0. The van der Waals surface area contributed by atoms with E-state index in [0.717, 1.165) is 11.3 Å². The largest absolute Gasteiger partial charge is 0.451 e. The van der Waals surface area contributed by atoms with Crippen molar-refractivity contribution in [3.8, 4) is 5.75 Å². The molecule has 0 N–H and O–H groups in total. The summed E-state index contributed by atoms with van der Waals surface area (Å²) < 4.78 is 18.4. The Hall–Kier alpha value is -3.36. The molecule has 1 aromatic heterocycles. The van der Waals surface area contributed by atoms with Crippen molar-refractivity contribution < 1.29 is 23.8 Å². The number of hydrogen-bond donors (Lipinski definition) is 0. The SMILES string of the molecule is C=Cc1ccc(Cn2cc(C3CN(C(=O)OC(C)(C)C)C3)nn2)c2c1OC(C)(C)OC2=O. The summed E-state index contributed by atoms with van der Waals surface area (Å²) in [7, 11) is 0. The summed E-state index contributed by atoms with van der Waals surface area (Å²) in [5.74, 6) is -0.929. The normalized spacial score (nSPS) is 17.7. The molecule has 2 aromatic rings. The van der Waals surface area contributed by atoms with Crippen molar-refractivity contribution in [3.05, 3.63) is 47.3 Å². The van der Waals surface area contributed by atoms with Crippen molar-refractivity contribution >= 4 is 18.1 Å². The van der Waals surface area contributed by atoms with Crippen LogP contribution in [0.25, 0.3) is 6.08 Å². The molecule has 0 unspecified atom stereocenters. The molecule has 0 aliphatic carbocycles. The molecular formula is C23H28N4O5. The van der Waals surface area contributed by atoms with E-state index >= 15 is 0 Å². The highest BCUT2D eigenvalue weighted by Gasteiger charge is 2.38. The van der Waals surface area contributed by atoms with Crippen LogP contribution >= 0.6 is 0 Å². The van der Waals surface area contributed by atoms with E-state index in [-0.39, 0.29) is 12.0 Å². The van der Waals surface area contributed by atoms with Crippen LogP contribution in [-0.4, -0.2) is 56.4 Å². The fraction of sp³-hybridized carbons (Fsp3) is 0.478. The van der Waals surface area contributed by atoms with Gasteiger partial charge in [0.2, 0.25) is 5.79 Å². The van der Waals surface area contributed by atoms with Gasteiger partial charge >= 0.3 is 12.1 Å². The molecule has 1 aromatic carbocycles. The van der Waals surface area contributed by atoms with Crippen LogP contribution in [0.15, 0.2) is 24.9 Å². The lowest BCUT2D eigenvalue weighted by Crippen LogP contribution is -2.50. The van der Waals surface area contributed by atoms with Gasteiger partial charge in [0.05, 0.1) is 12.2 Å². The Morgan fingerprint density at radius 3 is 2.69 bits per heavy atom. The molecule has 3 heterocycles. The summed E-state index contributed by atoms with van der Waals surface area (Å²) in [5.41, 5.74) is 2.09. The second-order valence-corrected chi connectivity index (χ2v) is 9.54. The zero-order chi connectivity index (χ0) is 23.3. The number of likely N-dealkylation sites (tertiary alicyclic amines) is 1. The van der Waals surface area contributed by atoms with Gasteiger partial charge in [0.15, 0.2) is 0 Å². The van der Waals surface area contributed by atoms with Crippen LogP contribution in [0.2, 0.25) is 0 Å². The fourth-order valence-electron chi connectivity index (χ4n) is 3.70. The molecule has 0 spiro atoms. The number of rotatable bonds is 4. The molecule has 0 atom stereocenters. The van der Waals surface area contributed by atoms with Crippen molar-refractivity contribution in [3.63, 3.8) is 0 Å². The molecule has 4 rings (SSSR count). The molecule has 1 saturated heterocycles. The summed E-state index contributed by atoms with van der Waals surface area (Å²) in [6, 6.07) is 3.70. The topological polar surface area (TPSA) is 95.8 Å². The number of cyclic esters (lactones) is 1. The smallest absolute Gasteiger partial charge is 0.410 e. The molecule has 170 valence electrons. The number of amides is 1. The first-order valence-electron chi connectivity index (χ1n) is 10.5. The Bertz CT molecular complexity index is 1080. The van der Waals surface area contributed by atoms with Crippen LogP contribution in [0.1, 0.15) is 67.7 Å². The van der Waals surface area contributed by atoms with Crippen molar-refractivity contribution in [2.75, 3.05) is 13.1 Å². The number of hydrogen-bond acceptors (Lipinski definition) is 7. The van der Waals surface area contributed by atoms with Crippen molar-refractivity contribution in [2.24, 2.45) is 0 Å². The van der Waals surface area contributed by atoms with E-state index in [1.54, 1.807) is 29.5 Å². The van der Waals surface area contributed by atoms with Crippen molar-refractivity contribution in [1.29, 1.82) is 0 Å². The van der Waals surface area contributed by atoms with Gasteiger partial charge in [-0.05, 0) is 26.3 Å².